The van der Waals surface area contributed by atoms with Crippen LogP contribution in [0.3, 0.4) is 0 Å². The van der Waals surface area contributed by atoms with E-state index in [1.807, 2.05) is 12.1 Å². The van der Waals surface area contributed by atoms with Crippen LogP contribution in [0.5, 0.6) is 0 Å². The fourth-order valence-corrected chi connectivity index (χ4v) is 11.4. The highest BCUT2D eigenvalue weighted by atomic mass is 28.3. The van der Waals surface area contributed by atoms with Gasteiger partial charge < -0.3 is 4.42 Å². The Hall–Kier alpha value is -4.87. The van der Waals surface area contributed by atoms with Gasteiger partial charge in [-0.15, -0.1) is 0 Å². The highest BCUT2D eigenvalue weighted by molar-refractivity contribution is 6.89. The molecule has 0 aliphatic carbocycles. The first-order valence-corrected chi connectivity index (χ1v) is 25.9. The number of aromatic nitrogens is 2. The molecule has 0 N–H and O–H groups in total. The average molecular weight is 816 g/mol. The van der Waals surface area contributed by atoms with Crippen molar-refractivity contribution < 1.29 is 13.6 Å². The first-order chi connectivity index (χ1) is 28.4. The molecule has 3 aromatic heterocycles. The summed E-state index contributed by atoms with van der Waals surface area (Å²) < 4.78 is 11.9. The number of fused-ring (bicyclic) bond motifs is 6. The lowest BCUT2D eigenvalue weighted by atomic mass is 9.76. The van der Waals surface area contributed by atoms with Crippen LogP contribution in [0.15, 0.2) is 115 Å². The summed E-state index contributed by atoms with van der Waals surface area (Å²) in [7, 11) is 0.541. The van der Waals surface area contributed by atoms with Crippen molar-refractivity contribution in [1.82, 2.24) is 4.98 Å². The second kappa shape index (κ2) is 16.9. The number of hydrogen-bond donors (Lipinski definition) is 0. The van der Waals surface area contributed by atoms with E-state index in [-0.39, 0.29) is 17.4 Å². The molecule has 1 aliphatic heterocycles. The van der Waals surface area contributed by atoms with E-state index in [9.17, 15) is 0 Å². The van der Waals surface area contributed by atoms with Crippen molar-refractivity contribution in [3.63, 3.8) is 0 Å². The SMILES string of the molecule is C=C/C(c1c(CCC2c3ccc(C(C)(C)C)cc3-c3cc(CC(C)C)c([Si](C)(C)C)c[n+]3C2C=C)ccc2c1oc1nc(-c3ccccc3)ccc12)=[N+](/C)[C@H](C)CC(C)C. The molecule has 0 amide bonds. The topological polar surface area (TPSA) is 32.9 Å². The van der Waals surface area contributed by atoms with Crippen LogP contribution < -0.4 is 9.75 Å². The van der Waals surface area contributed by atoms with Gasteiger partial charge in [-0.1, -0.05) is 136 Å². The molecule has 60 heavy (non-hydrogen) atoms. The summed E-state index contributed by atoms with van der Waals surface area (Å²) in [5, 5.41) is 3.68. The van der Waals surface area contributed by atoms with E-state index < -0.39 is 8.07 Å². The lowest BCUT2D eigenvalue weighted by Gasteiger charge is -2.32. The predicted molar refractivity (Wildman–Crippen MR) is 259 cm³/mol. The third-order valence-corrected chi connectivity index (χ3v) is 15.0. The lowest BCUT2D eigenvalue weighted by Crippen LogP contribution is -2.53. The minimum absolute atomic E-state index is 0.0347. The highest BCUT2D eigenvalue weighted by Crippen LogP contribution is 2.44. The Labute approximate surface area is 361 Å². The van der Waals surface area contributed by atoms with Crippen molar-refractivity contribution in [2.24, 2.45) is 11.8 Å². The van der Waals surface area contributed by atoms with Gasteiger partial charge in [0.2, 0.25) is 17.1 Å². The molecule has 0 spiro atoms. The summed E-state index contributed by atoms with van der Waals surface area (Å²) in [5.74, 6) is 1.38. The molecule has 0 fully saturated rings. The molecule has 2 unspecified atom stereocenters. The van der Waals surface area contributed by atoms with Crippen molar-refractivity contribution in [2.75, 3.05) is 7.05 Å². The van der Waals surface area contributed by atoms with Gasteiger partial charge in [0.05, 0.1) is 30.8 Å². The summed E-state index contributed by atoms with van der Waals surface area (Å²) >= 11 is 0. The van der Waals surface area contributed by atoms with E-state index in [0.29, 0.717) is 23.6 Å². The van der Waals surface area contributed by atoms with Crippen LogP contribution in [0.4, 0.5) is 0 Å². The van der Waals surface area contributed by atoms with Crippen LogP contribution >= 0.6 is 0 Å². The molecule has 6 aromatic rings. The van der Waals surface area contributed by atoms with E-state index in [1.54, 1.807) is 5.19 Å². The Morgan fingerprint density at radius 3 is 2.23 bits per heavy atom. The van der Waals surface area contributed by atoms with Crippen molar-refractivity contribution >= 4 is 41.0 Å². The minimum Gasteiger partial charge on any atom is -0.437 e. The highest BCUT2D eigenvalue weighted by Gasteiger charge is 2.41. The molecule has 5 heteroatoms. The number of rotatable bonds is 13. The predicted octanol–water partition coefficient (Wildman–Crippen LogP) is 13.2. The number of furan rings is 1. The Kier molecular flexibility index (Phi) is 12.2. The zero-order valence-corrected chi connectivity index (χ0v) is 39.6. The van der Waals surface area contributed by atoms with Gasteiger partial charge in [0.25, 0.3) is 0 Å². The van der Waals surface area contributed by atoms with E-state index in [4.69, 9.17) is 9.40 Å². The van der Waals surface area contributed by atoms with Gasteiger partial charge in [0.1, 0.15) is 7.05 Å². The molecule has 0 saturated carbocycles. The number of aryl methyl sites for hydroxylation is 1. The summed E-state index contributed by atoms with van der Waals surface area (Å²) in [5.41, 5.74) is 14.1. The van der Waals surface area contributed by atoms with Gasteiger partial charge in [-0.2, -0.15) is 4.57 Å². The van der Waals surface area contributed by atoms with Crippen LogP contribution in [0, 0.1) is 11.8 Å². The molecule has 7 rings (SSSR count). The maximum Gasteiger partial charge on any atom is 0.227 e. The molecule has 0 bridgehead atoms. The number of hydrogen-bond acceptors (Lipinski definition) is 2. The lowest BCUT2D eigenvalue weighted by molar-refractivity contribution is -0.706. The van der Waals surface area contributed by atoms with E-state index in [2.05, 4.69) is 189 Å². The van der Waals surface area contributed by atoms with Gasteiger partial charge in [-0.3, -0.25) is 0 Å². The fourth-order valence-electron chi connectivity index (χ4n) is 9.74. The van der Waals surface area contributed by atoms with Gasteiger partial charge >= 0.3 is 0 Å². The second-order valence-electron chi connectivity index (χ2n) is 20.4. The molecule has 3 aromatic carbocycles. The Bertz CT molecular complexity index is 2600. The molecule has 0 saturated heterocycles. The molecule has 3 atom stereocenters. The molecular weight excluding hydrogens is 747 g/mol. The molecular formula is C55H69N3OSi+2. The van der Waals surface area contributed by atoms with Gasteiger partial charge in [-0.05, 0) is 90.0 Å². The largest absolute Gasteiger partial charge is 0.437 e. The number of allylic oxidation sites excluding steroid dienone is 2. The summed E-state index contributed by atoms with van der Waals surface area (Å²) in [6.07, 6.45) is 10.8. The van der Waals surface area contributed by atoms with Crippen LogP contribution in [-0.2, 0) is 18.3 Å². The van der Waals surface area contributed by atoms with Crippen LogP contribution in [0.1, 0.15) is 108 Å². The second-order valence-corrected chi connectivity index (χ2v) is 25.5. The molecule has 4 nitrogen and oxygen atoms in total. The van der Waals surface area contributed by atoms with E-state index >= 15 is 0 Å². The van der Waals surface area contributed by atoms with Crippen LogP contribution in [-0.4, -0.2) is 36.4 Å². The number of pyridine rings is 2. The van der Waals surface area contributed by atoms with E-state index in [1.165, 1.54) is 33.5 Å². The molecule has 0 radical (unpaired) electrons. The van der Waals surface area contributed by atoms with Crippen molar-refractivity contribution in [1.29, 1.82) is 0 Å². The fraction of sp³-hybridized carbons (Fsp3) is 0.400. The average Bonchev–Trinajstić information content (AvgIpc) is 3.57. The van der Waals surface area contributed by atoms with Crippen LogP contribution in [0.25, 0.3) is 44.6 Å². The van der Waals surface area contributed by atoms with Crippen LogP contribution in [0.2, 0.25) is 19.6 Å². The number of benzene rings is 3. The molecule has 1 aliphatic rings. The Balaban J connectivity index is 1.41. The zero-order chi connectivity index (χ0) is 43.3. The first kappa shape index (κ1) is 43.2. The molecule has 4 heterocycles. The third-order valence-electron chi connectivity index (χ3n) is 12.9. The third kappa shape index (κ3) is 8.40. The van der Waals surface area contributed by atoms with Gasteiger partial charge in [0.15, 0.2) is 23.9 Å². The normalized spacial score (nSPS) is 16.6. The minimum atomic E-state index is -1.68. The Morgan fingerprint density at radius 2 is 1.60 bits per heavy atom. The first-order valence-electron chi connectivity index (χ1n) is 22.4. The summed E-state index contributed by atoms with van der Waals surface area (Å²) in [4.78, 5) is 5.09. The number of nitrogens with zero attached hydrogens (tertiary/aromatic N) is 3. The standard InChI is InChI=1S/C55H69N3OSi/c1-15-48-43(42-27-24-41(55(8,9)10)33-46(42)50-32-40(31-36(5)6)51(34-58(48)50)60(12,13)14)25-22-39-23-26-44-45-28-29-47(38-20-18-17-19-21-38)56-54(45)59-53(44)52(39)49(16-2)57(11)37(7)30-35(3)4/h15-21,23-24,26-29,32-37,43,48H,1-2,22,25,30-31H2,3-14H3/q+2/b57-49+/t37-,43?,48?/m1/s1. The van der Waals surface area contributed by atoms with E-state index in [0.717, 1.165) is 64.6 Å². The summed E-state index contributed by atoms with van der Waals surface area (Å²) in [6.45, 7) is 35.1. The van der Waals surface area contributed by atoms with Gasteiger partial charge in [0, 0.05) is 40.1 Å². The maximum absolute atomic E-state index is 6.92. The maximum atomic E-state index is 6.92. The van der Waals surface area contributed by atoms with Gasteiger partial charge in [-0.25, -0.2) is 9.56 Å². The zero-order valence-electron chi connectivity index (χ0n) is 38.6. The smallest absolute Gasteiger partial charge is 0.227 e. The van der Waals surface area contributed by atoms with Crippen molar-refractivity contribution in [3.05, 3.63) is 138 Å². The Morgan fingerprint density at radius 1 is 0.883 bits per heavy atom. The quantitative estimate of drug-likeness (QED) is 0.0503. The van der Waals surface area contributed by atoms with Crippen molar-refractivity contribution in [3.8, 4) is 22.5 Å². The summed E-state index contributed by atoms with van der Waals surface area (Å²) in [6, 6.07) is 29.6. The van der Waals surface area contributed by atoms with Crippen molar-refractivity contribution in [2.45, 2.75) is 124 Å². The molecule has 312 valence electrons. The monoisotopic (exact) mass is 816 g/mol.